The van der Waals surface area contributed by atoms with Gasteiger partial charge in [-0.1, -0.05) is 0 Å². The topological polar surface area (TPSA) is 39.2 Å². The molecule has 0 amide bonds. The minimum Gasteiger partial charge on any atom is -0.437 e. The Morgan fingerprint density at radius 3 is 2.89 bits per heavy atom. The summed E-state index contributed by atoms with van der Waals surface area (Å²) in [6, 6.07) is 1.66. The van der Waals surface area contributed by atoms with Crippen LogP contribution in [0.5, 0.6) is 11.6 Å². The van der Waals surface area contributed by atoms with Crippen LogP contribution < -0.4 is 4.74 Å². The zero-order chi connectivity index (χ0) is 6.27. The minimum atomic E-state index is 0.447. The first-order chi connectivity index (χ1) is 4.42. The fraction of sp³-hybridized carbons (Fsp3) is 0. The van der Waals surface area contributed by atoms with Crippen LogP contribution in [-0.4, -0.2) is 11.3 Å². The number of fused-ring (bicyclic) bond motifs is 2. The summed E-state index contributed by atoms with van der Waals surface area (Å²) in [4.78, 5) is 13.9. The molecule has 0 aromatic carbocycles. The van der Waals surface area contributed by atoms with Gasteiger partial charge in [0.05, 0.1) is 0 Å². The lowest BCUT2D eigenvalue weighted by Crippen LogP contribution is -2.05. The van der Waals surface area contributed by atoms with Crippen molar-refractivity contribution >= 4 is 6.29 Å². The van der Waals surface area contributed by atoms with E-state index in [-0.39, 0.29) is 0 Å². The van der Waals surface area contributed by atoms with E-state index < -0.39 is 0 Å². The highest BCUT2D eigenvalue weighted by atomic mass is 16.5. The Morgan fingerprint density at radius 1 is 1.67 bits per heavy atom. The first-order valence-electron chi connectivity index (χ1n) is 2.54. The van der Waals surface area contributed by atoms with Gasteiger partial charge in [-0.15, -0.1) is 0 Å². The fourth-order valence-electron chi connectivity index (χ4n) is 0.774. The predicted molar refractivity (Wildman–Crippen MR) is 29.7 cm³/mol. The van der Waals surface area contributed by atoms with Gasteiger partial charge in [0.1, 0.15) is 11.3 Å². The lowest BCUT2D eigenvalue weighted by molar-refractivity contribution is 0.111. The Bertz CT molecular complexity index is 250. The molecule has 2 aliphatic rings. The van der Waals surface area contributed by atoms with Gasteiger partial charge in [0.25, 0.3) is 0 Å². The van der Waals surface area contributed by atoms with Crippen molar-refractivity contribution in [1.82, 2.24) is 4.98 Å². The monoisotopic (exact) mass is 121 g/mol. The van der Waals surface area contributed by atoms with Crippen molar-refractivity contribution in [2.75, 3.05) is 0 Å². The predicted octanol–water partition coefficient (Wildman–Crippen LogP) is 1.000. The van der Waals surface area contributed by atoms with Crippen LogP contribution in [0.15, 0.2) is 12.3 Å². The number of carbonyl (C=O) groups is 1. The standard InChI is InChI=1S/C6H3NO2/c8-3-4-5-1-2-7-6(4)9-5/h1-3H. The van der Waals surface area contributed by atoms with E-state index in [0.717, 1.165) is 6.29 Å². The Hall–Kier alpha value is -1.38. The maximum atomic E-state index is 10.1. The molecule has 0 N–H and O–H groups in total. The summed E-state index contributed by atoms with van der Waals surface area (Å²) in [5, 5.41) is 0. The van der Waals surface area contributed by atoms with Gasteiger partial charge < -0.3 is 4.74 Å². The quantitative estimate of drug-likeness (QED) is 0.528. The molecular weight excluding hydrogens is 118 g/mol. The average Bonchev–Trinajstić information content (AvgIpc) is 1.90. The molecule has 3 heterocycles. The molecule has 3 rings (SSSR count). The molecule has 0 aliphatic carbocycles. The number of hydrogen-bond donors (Lipinski definition) is 0. The second-order valence-corrected chi connectivity index (χ2v) is 1.75. The number of aromatic nitrogens is 1. The van der Waals surface area contributed by atoms with Crippen molar-refractivity contribution in [1.29, 1.82) is 0 Å². The van der Waals surface area contributed by atoms with E-state index in [1.54, 1.807) is 12.3 Å². The number of hydrogen-bond acceptors (Lipinski definition) is 3. The van der Waals surface area contributed by atoms with Crippen molar-refractivity contribution in [3.05, 3.63) is 17.8 Å². The summed E-state index contributed by atoms with van der Waals surface area (Å²) >= 11 is 0. The number of ether oxygens (including phenoxy) is 1. The van der Waals surface area contributed by atoms with Gasteiger partial charge >= 0.3 is 0 Å². The third-order valence-corrected chi connectivity index (χ3v) is 1.24. The second-order valence-electron chi connectivity index (χ2n) is 1.75. The van der Waals surface area contributed by atoms with E-state index in [9.17, 15) is 4.79 Å². The van der Waals surface area contributed by atoms with Crippen LogP contribution in [0.1, 0.15) is 10.4 Å². The number of nitrogens with zero attached hydrogens (tertiary/aromatic N) is 1. The second kappa shape index (κ2) is 1.31. The number of carbonyl (C=O) groups excluding carboxylic acids is 1. The summed E-state index contributed by atoms with van der Waals surface area (Å²) in [5.41, 5.74) is 0.581. The lowest BCUT2D eigenvalue weighted by atomic mass is 10.2. The first-order valence-corrected chi connectivity index (χ1v) is 2.54. The molecular formula is C6H3NO2. The molecule has 2 bridgehead atoms. The Labute approximate surface area is 51.3 Å². The van der Waals surface area contributed by atoms with Gasteiger partial charge in [-0.2, -0.15) is 0 Å². The molecule has 0 atom stereocenters. The van der Waals surface area contributed by atoms with E-state index in [0.29, 0.717) is 17.2 Å². The largest absolute Gasteiger partial charge is 0.437 e. The summed E-state index contributed by atoms with van der Waals surface area (Å²) in [6.07, 6.45) is 2.36. The maximum absolute atomic E-state index is 10.1. The molecule has 0 unspecified atom stereocenters. The van der Waals surface area contributed by atoms with Crippen molar-refractivity contribution in [3.8, 4) is 11.6 Å². The Kier molecular flexibility index (Phi) is 0.656. The lowest BCUT2D eigenvalue weighted by Gasteiger charge is -2.17. The van der Waals surface area contributed by atoms with Crippen LogP contribution in [0.4, 0.5) is 0 Å². The van der Waals surface area contributed by atoms with Crippen molar-refractivity contribution in [2.45, 2.75) is 0 Å². The van der Waals surface area contributed by atoms with Crippen LogP contribution in [0, 0.1) is 0 Å². The highest BCUT2D eigenvalue weighted by Crippen LogP contribution is 2.37. The molecule has 1 aromatic rings. The molecule has 3 heteroatoms. The molecule has 0 saturated carbocycles. The van der Waals surface area contributed by atoms with Gasteiger partial charge in [0, 0.05) is 12.3 Å². The first kappa shape index (κ1) is 4.49. The molecule has 0 fully saturated rings. The zero-order valence-corrected chi connectivity index (χ0v) is 4.50. The van der Waals surface area contributed by atoms with Gasteiger partial charge in [-0.25, -0.2) is 4.98 Å². The Balaban J connectivity index is 2.67. The molecule has 0 saturated heterocycles. The van der Waals surface area contributed by atoms with Crippen LogP contribution >= 0.6 is 0 Å². The summed E-state index contributed by atoms with van der Waals surface area (Å²) in [5.74, 6) is 1.08. The van der Waals surface area contributed by atoms with Crippen molar-refractivity contribution in [2.24, 2.45) is 0 Å². The molecule has 44 valence electrons. The van der Waals surface area contributed by atoms with Crippen LogP contribution in [0.2, 0.25) is 0 Å². The van der Waals surface area contributed by atoms with Crippen molar-refractivity contribution in [3.63, 3.8) is 0 Å². The molecule has 1 aromatic heterocycles. The number of rotatable bonds is 1. The highest BCUT2D eigenvalue weighted by molar-refractivity contribution is 5.86. The summed E-state index contributed by atoms with van der Waals surface area (Å²) in [7, 11) is 0. The third-order valence-electron chi connectivity index (χ3n) is 1.24. The number of aldehydes is 1. The SMILES string of the molecule is O=Cc1c2ccnc1O2. The molecule has 2 aliphatic heterocycles. The van der Waals surface area contributed by atoms with Gasteiger partial charge in [-0.05, 0) is 0 Å². The van der Waals surface area contributed by atoms with E-state index >= 15 is 0 Å². The Morgan fingerprint density at radius 2 is 2.56 bits per heavy atom. The number of pyridine rings is 1. The van der Waals surface area contributed by atoms with Crippen LogP contribution in [0.25, 0.3) is 0 Å². The minimum absolute atomic E-state index is 0.447. The fourth-order valence-corrected chi connectivity index (χ4v) is 0.774. The van der Waals surface area contributed by atoms with Gasteiger partial charge in [0.15, 0.2) is 6.29 Å². The van der Waals surface area contributed by atoms with Gasteiger partial charge in [-0.3, -0.25) is 4.79 Å². The summed E-state index contributed by atoms with van der Waals surface area (Å²) < 4.78 is 4.89. The van der Waals surface area contributed by atoms with Gasteiger partial charge in [0.2, 0.25) is 5.88 Å². The highest BCUT2D eigenvalue weighted by Gasteiger charge is 2.21. The normalized spacial score (nSPS) is 11.6. The van der Waals surface area contributed by atoms with Crippen molar-refractivity contribution < 1.29 is 9.53 Å². The van der Waals surface area contributed by atoms with Crippen LogP contribution in [-0.2, 0) is 0 Å². The van der Waals surface area contributed by atoms with E-state index in [4.69, 9.17) is 4.74 Å². The maximum Gasteiger partial charge on any atom is 0.233 e. The molecule has 0 spiro atoms. The van der Waals surface area contributed by atoms with Crippen LogP contribution in [0.3, 0.4) is 0 Å². The smallest absolute Gasteiger partial charge is 0.233 e. The van der Waals surface area contributed by atoms with E-state index in [1.165, 1.54) is 0 Å². The van der Waals surface area contributed by atoms with E-state index in [2.05, 4.69) is 4.98 Å². The molecule has 9 heavy (non-hydrogen) atoms. The van der Waals surface area contributed by atoms with E-state index in [1.807, 2.05) is 0 Å². The molecule has 3 nitrogen and oxygen atoms in total. The zero-order valence-electron chi connectivity index (χ0n) is 4.50. The molecule has 0 radical (unpaired) electrons. The summed E-state index contributed by atoms with van der Waals surface area (Å²) in [6.45, 7) is 0. The third kappa shape index (κ3) is 0.408. The average molecular weight is 121 g/mol.